The molecule has 21 heavy (non-hydrogen) atoms. The minimum atomic E-state index is -0.0556. The maximum Gasteiger partial charge on any atom is 0.128 e. The molecule has 0 saturated heterocycles. The number of para-hydroxylation sites is 1. The number of benzene rings is 2. The van der Waals surface area contributed by atoms with Gasteiger partial charge >= 0.3 is 0 Å². The summed E-state index contributed by atoms with van der Waals surface area (Å²) in [6.07, 6.45) is 1.58. The molecule has 0 aliphatic carbocycles. The Kier molecular flexibility index (Phi) is 3.49. The fourth-order valence-electron chi connectivity index (χ4n) is 2.11. The molecule has 6 heteroatoms. The number of rotatable bonds is 2. The molecule has 0 bridgehead atoms. The Bertz CT molecular complexity index is 795. The molecule has 0 saturated carbocycles. The summed E-state index contributed by atoms with van der Waals surface area (Å²) >= 11 is 12.4. The van der Waals surface area contributed by atoms with Crippen LogP contribution < -0.4 is 0 Å². The van der Waals surface area contributed by atoms with Crippen molar-refractivity contribution < 1.29 is 10.2 Å². The molecule has 1 heterocycles. The van der Waals surface area contributed by atoms with Gasteiger partial charge in [-0.1, -0.05) is 29.3 Å². The van der Waals surface area contributed by atoms with Gasteiger partial charge in [0, 0.05) is 11.6 Å². The predicted molar refractivity (Wildman–Crippen MR) is 82.3 cm³/mol. The molecule has 106 valence electrons. The van der Waals surface area contributed by atoms with Crippen LogP contribution >= 0.6 is 23.2 Å². The first-order valence-electron chi connectivity index (χ1n) is 6.08. The number of phenolic OH excluding ortho intramolecular Hbond substituents is 2. The third kappa shape index (κ3) is 2.44. The van der Waals surface area contributed by atoms with Gasteiger partial charge in [-0.2, -0.15) is 5.10 Å². The van der Waals surface area contributed by atoms with Crippen LogP contribution in [0.2, 0.25) is 10.0 Å². The van der Waals surface area contributed by atoms with Gasteiger partial charge in [0.25, 0.3) is 0 Å². The van der Waals surface area contributed by atoms with Gasteiger partial charge in [-0.05, 0) is 30.3 Å². The Hall–Kier alpha value is -2.17. The van der Waals surface area contributed by atoms with E-state index >= 15 is 0 Å². The maximum absolute atomic E-state index is 10.0. The normalized spacial score (nSPS) is 10.8. The molecule has 3 aromatic rings. The Morgan fingerprint density at radius 2 is 1.67 bits per heavy atom. The van der Waals surface area contributed by atoms with Crippen molar-refractivity contribution in [1.29, 1.82) is 0 Å². The SMILES string of the molecule is Oc1ccc(-c2ccnn2-c2c(Cl)cccc2Cl)c(O)c1. The molecular formula is C15H10Cl2N2O2. The van der Waals surface area contributed by atoms with Gasteiger partial charge in [-0.15, -0.1) is 0 Å². The highest BCUT2D eigenvalue weighted by Crippen LogP contribution is 2.36. The number of nitrogens with zero attached hydrogens (tertiary/aromatic N) is 2. The van der Waals surface area contributed by atoms with Crippen molar-refractivity contribution >= 4 is 23.2 Å². The first-order valence-corrected chi connectivity index (χ1v) is 6.84. The zero-order valence-electron chi connectivity index (χ0n) is 10.7. The zero-order chi connectivity index (χ0) is 15.0. The average Bonchev–Trinajstić information content (AvgIpc) is 2.87. The molecule has 0 radical (unpaired) electrons. The summed E-state index contributed by atoms with van der Waals surface area (Å²) in [6.45, 7) is 0. The van der Waals surface area contributed by atoms with E-state index in [2.05, 4.69) is 5.10 Å². The van der Waals surface area contributed by atoms with Gasteiger partial charge in [-0.3, -0.25) is 0 Å². The van der Waals surface area contributed by atoms with Crippen LogP contribution in [-0.2, 0) is 0 Å². The minimum absolute atomic E-state index is 0.0157. The minimum Gasteiger partial charge on any atom is -0.508 e. The van der Waals surface area contributed by atoms with Crippen molar-refractivity contribution in [3.05, 3.63) is 58.7 Å². The summed E-state index contributed by atoms with van der Waals surface area (Å²) in [6, 6.07) is 11.3. The first kappa shape index (κ1) is 13.8. The van der Waals surface area contributed by atoms with E-state index in [0.29, 0.717) is 27.0 Å². The summed E-state index contributed by atoms with van der Waals surface area (Å²) in [5.74, 6) is -0.0713. The lowest BCUT2D eigenvalue weighted by atomic mass is 10.1. The average molecular weight is 321 g/mol. The van der Waals surface area contributed by atoms with Crippen molar-refractivity contribution in [2.45, 2.75) is 0 Å². The number of aromatic nitrogens is 2. The van der Waals surface area contributed by atoms with E-state index in [4.69, 9.17) is 23.2 Å². The van der Waals surface area contributed by atoms with Gasteiger partial charge < -0.3 is 10.2 Å². The molecule has 0 unspecified atom stereocenters. The summed E-state index contributed by atoms with van der Waals surface area (Å²) in [5.41, 5.74) is 1.66. The molecule has 1 aromatic heterocycles. The van der Waals surface area contributed by atoms with Gasteiger partial charge in [0.15, 0.2) is 0 Å². The van der Waals surface area contributed by atoms with E-state index in [1.54, 1.807) is 41.2 Å². The second-order valence-electron chi connectivity index (χ2n) is 4.40. The molecule has 2 aromatic carbocycles. The molecule has 0 aliphatic heterocycles. The summed E-state index contributed by atoms with van der Waals surface area (Å²) in [7, 11) is 0. The van der Waals surface area contributed by atoms with E-state index < -0.39 is 0 Å². The quantitative estimate of drug-likeness (QED) is 0.741. The second-order valence-corrected chi connectivity index (χ2v) is 5.21. The Balaban J connectivity index is 2.22. The molecule has 3 rings (SSSR count). The Morgan fingerprint density at radius 3 is 2.33 bits per heavy atom. The third-order valence-electron chi connectivity index (χ3n) is 3.05. The van der Waals surface area contributed by atoms with E-state index in [9.17, 15) is 10.2 Å². The van der Waals surface area contributed by atoms with E-state index in [0.717, 1.165) is 0 Å². The van der Waals surface area contributed by atoms with Crippen molar-refractivity contribution in [3.8, 4) is 28.4 Å². The van der Waals surface area contributed by atoms with E-state index in [1.807, 2.05) is 0 Å². The summed E-state index contributed by atoms with van der Waals surface area (Å²) in [4.78, 5) is 0. The number of halogens is 2. The van der Waals surface area contributed by atoms with E-state index in [1.165, 1.54) is 12.1 Å². The summed E-state index contributed by atoms with van der Waals surface area (Å²) in [5, 5.41) is 24.5. The van der Waals surface area contributed by atoms with Crippen molar-refractivity contribution in [3.63, 3.8) is 0 Å². The molecular weight excluding hydrogens is 311 g/mol. The molecule has 0 aliphatic rings. The smallest absolute Gasteiger partial charge is 0.128 e. The Morgan fingerprint density at radius 1 is 0.952 bits per heavy atom. The monoisotopic (exact) mass is 320 g/mol. The van der Waals surface area contributed by atoms with Crippen LogP contribution in [0.5, 0.6) is 11.5 Å². The largest absolute Gasteiger partial charge is 0.508 e. The molecule has 0 fully saturated rings. The van der Waals surface area contributed by atoms with Crippen molar-refractivity contribution in [2.75, 3.05) is 0 Å². The van der Waals surface area contributed by atoms with Crippen LogP contribution in [0.1, 0.15) is 0 Å². The van der Waals surface area contributed by atoms with Gasteiger partial charge in [0.05, 0.1) is 21.9 Å². The fourth-order valence-corrected chi connectivity index (χ4v) is 2.67. The van der Waals surface area contributed by atoms with E-state index in [-0.39, 0.29) is 11.5 Å². The van der Waals surface area contributed by atoms with Crippen molar-refractivity contribution in [2.24, 2.45) is 0 Å². The maximum atomic E-state index is 10.0. The standard InChI is InChI=1S/C15H10Cl2N2O2/c16-11-2-1-3-12(17)15(11)19-13(6-7-18-19)10-5-4-9(20)8-14(10)21/h1-8,20-21H. The molecule has 2 N–H and O–H groups in total. The lowest BCUT2D eigenvalue weighted by molar-refractivity contribution is 0.451. The van der Waals surface area contributed by atoms with Crippen molar-refractivity contribution in [1.82, 2.24) is 9.78 Å². The number of hydrogen-bond donors (Lipinski definition) is 2. The fraction of sp³-hybridized carbons (Fsp3) is 0. The van der Waals surface area contributed by atoms with Gasteiger partial charge in [-0.25, -0.2) is 4.68 Å². The van der Waals surface area contributed by atoms with Crippen LogP contribution in [0.15, 0.2) is 48.7 Å². The lowest BCUT2D eigenvalue weighted by Gasteiger charge is -2.12. The summed E-state index contributed by atoms with van der Waals surface area (Å²) < 4.78 is 1.55. The molecule has 0 atom stereocenters. The zero-order valence-corrected chi connectivity index (χ0v) is 12.2. The first-order chi connectivity index (χ1) is 10.1. The topological polar surface area (TPSA) is 58.3 Å². The second kappa shape index (κ2) is 5.31. The number of aromatic hydroxyl groups is 2. The Labute approximate surface area is 130 Å². The van der Waals surface area contributed by atoms with Crippen LogP contribution in [-0.4, -0.2) is 20.0 Å². The van der Waals surface area contributed by atoms with Crippen LogP contribution in [0.3, 0.4) is 0 Å². The van der Waals surface area contributed by atoms with Crippen LogP contribution in [0, 0.1) is 0 Å². The molecule has 4 nitrogen and oxygen atoms in total. The highest BCUT2D eigenvalue weighted by molar-refractivity contribution is 6.37. The highest BCUT2D eigenvalue weighted by atomic mass is 35.5. The van der Waals surface area contributed by atoms with Crippen LogP contribution in [0.4, 0.5) is 0 Å². The van der Waals surface area contributed by atoms with Gasteiger partial charge in [0.1, 0.15) is 17.2 Å². The third-order valence-corrected chi connectivity index (χ3v) is 3.66. The highest BCUT2D eigenvalue weighted by Gasteiger charge is 2.16. The van der Waals surface area contributed by atoms with Crippen LogP contribution in [0.25, 0.3) is 16.9 Å². The number of hydrogen-bond acceptors (Lipinski definition) is 3. The number of phenols is 2. The lowest BCUT2D eigenvalue weighted by Crippen LogP contribution is -2.00. The predicted octanol–water partition coefficient (Wildman–Crippen LogP) is 4.26. The molecule has 0 spiro atoms. The van der Waals surface area contributed by atoms with Gasteiger partial charge in [0.2, 0.25) is 0 Å². The molecule has 0 amide bonds.